The Bertz CT molecular complexity index is 457. The highest BCUT2D eigenvalue weighted by Crippen LogP contribution is 2.37. The summed E-state index contributed by atoms with van der Waals surface area (Å²) in [6.07, 6.45) is -0.0752. The van der Waals surface area contributed by atoms with Crippen LogP contribution in [0.4, 0.5) is 5.69 Å². The van der Waals surface area contributed by atoms with Crippen LogP contribution in [0.25, 0.3) is 0 Å². The molecule has 84 valence electrons. The lowest BCUT2D eigenvalue weighted by Gasteiger charge is -2.03. The summed E-state index contributed by atoms with van der Waals surface area (Å²) in [5, 5.41) is 19.3. The summed E-state index contributed by atoms with van der Waals surface area (Å²) in [7, 11) is 0. The number of aliphatic carboxylic acids is 1. The molecule has 0 saturated heterocycles. The lowest BCUT2D eigenvalue weighted by Crippen LogP contribution is -2.07. The molecule has 1 aromatic carbocycles. The van der Waals surface area contributed by atoms with Gasteiger partial charge in [-0.3, -0.25) is 14.9 Å². The second-order valence-corrected chi connectivity index (χ2v) is 3.59. The molecule has 0 saturated carbocycles. The highest BCUT2D eigenvalue weighted by molar-refractivity contribution is 5.69. The Morgan fingerprint density at radius 1 is 1.62 bits per heavy atom. The molecule has 1 unspecified atom stereocenters. The first-order valence-corrected chi connectivity index (χ1v) is 4.71. The fourth-order valence-electron chi connectivity index (χ4n) is 1.76. The van der Waals surface area contributed by atoms with Gasteiger partial charge in [-0.25, -0.2) is 0 Å². The summed E-state index contributed by atoms with van der Waals surface area (Å²) >= 11 is 0. The number of carboxylic acid groups (broad SMARTS) is 1. The van der Waals surface area contributed by atoms with E-state index in [1.165, 1.54) is 18.2 Å². The molecule has 16 heavy (non-hydrogen) atoms. The minimum Gasteiger partial charge on any atom is -0.493 e. The van der Waals surface area contributed by atoms with Crippen LogP contribution in [0.5, 0.6) is 5.75 Å². The SMILES string of the molecule is O=C(O)CC1COc2ccc([N+](=O)[O-])cc21. The minimum atomic E-state index is -0.937. The van der Waals surface area contributed by atoms with Crippen molar-refractivity contribution in [2.24, 2.45) is 0 Å². The van der Waals surface area contributed by atoms with Crippen LogP contribution in [0.15, 0.2) is 18.2 Å². The highest BCUT2D eigenvalue weighted by atomic mass is 16.6. The summed E-state index contributed by atoms with van der Waals surface area (Å²) in [6.45, 7) is 0.267. The molecule has 0 radical (unpaired) electrons. The van der Waals surface area contributed by atoms with E-state index in [0.29, 0.717) is 11.3 Å². The largest absolute Gasteiger partial charge is 0.493 e. The quantitative estimate of drug-likeness (QED) is 0.620. The van der Waals surface area contributed by atoms with Crippen LogP contribution in [-0.4, -0.2) is 22.6 Å². The van der Waals surface area contributed by atoms with E-state index in [1.807, 2.05) is 0 Å². The molecule has 1 N–H and O–H groups in total. The van der Waals surface area contributed by atoms with Gasteiger partial charge >= 0.3 is 5.97 Å². The minimum absolute atomic E-state index is 0.0420. The van der Waals surface area contributed by atoms with Gasteiger partial charge in [0.2, 0.25) is 0 Å². The molecular weight excluding hydrogens is 214 g/mol. The maximum atomic E-state index is 10.6. The smallest absolute Gasteiger partial charge is 0.304 e. The van der Waals surface area contributed by atoms with E-state index in [9.17, 15) is 14.9 Å². The van der Waals surface area contributed by atoms with Gasteiger partial charge in [-0.2, -0.15) is 0 Å². The molecule has 1 aliphatic rings. The molecule has 6 nitrogen and oxygen atoms in total. The first kappa shape index (κ1) is 10.4. The Labute approximate surface area is 90.6 Å². The van der Waals surface area contributed by atoms with E-state index in [0.717, 1.165) is 0 Å². The van der Waals surface area contributed by atoms with Crippen molar-refractivity contribution in [1.29, 1.82) is 0 Å². The third-order valence-corrected chi connectivity index (χ3v) is 2.51. The van der Waals surface area contributed by atoms with Crippen LogP contribution in [0.3, 0.4) is 0 Å². The maximum absolute atomic E-state index is 10.6. The fourth-order valence-corrected chi connectivity index (χ4v) is 1.76. The lowest BCUT2D eigenvalue weighted by molar-refractivity contribution is -0.384. The molecule has 1 aromatic rings. The number of ether oxygens (including phenoxy) is 1. The van der Waals surface area contributed by atoms with E-state index >= 15 is 0 Å². The van der Waals surface area contributed by atoms with Crippen molar-refractivity contribution in [2.45, 2.75) is 12.3 Å². The van der Waals surface area contributed by atoms with E-state index in [4.69, 9.17) is 9.84 Å². The number of fused-ring (bicyclic) bond motifs is 1. The molecule has 0 aromatic heterocycles. The molecule has 1 atom stereocenters. The van der Waals surface area contributed by atoms with Gasteiger partial charge in [0, 0.05) is 23.6 Å². The molecule has 6 heteroatoms. The average Bonchev–Trinajstić information content (AvgIpc) is 2.60. The molecule has 0 spiro atoms. The van der Waals surface area contributed by atoms with Gasteiger partial charge in [0.25, 0.3) is 5.69 Å². The van der Waals surface area contributed by atoms with Crippen molar-refractivity contribution in [3.8, 4) is 5.75 Å². The predicted molar refractivity (Wildman–Crippen MR) is 53.6 cm³/mol. The normalized spacial score (nSPS) is 17.6. The molecule has 0 aliphatic carbocycles. The first-order valence-electron chi connectivity index (χ1n) is 4.71. The van der Waals surface area contributed by atoms with Crippen LogP contribution >= 0.6 is 0 Å². The zero-order chi connectivity index (χ0) is 11.7. The Kier molecular flexibility index (Phi) is 2.47. The van der Waals surface area contributed by atoms with Crippen molar-refractivity contribution in [2.75, 3.05) is 6.61 Å². The second kappa shape index (κ2) is 3.80. The molecule has 2 rings (SSSR count). The Morgan fingerprint density at radius 2 is 2.38 bits per heavy atom. The van der Waals surface area contributed by atoms with Gasteiger partial charge in [-0.05, 0) is 6.07 Å². The first-order chi connectivity index (χ1) is 7.58. The summed E-state index contributed by atoms with van der Waals surface area (Å²) in [5.74, 6) is -0.697. The van der Waals surface area contributed by atoms with Crippen LogP contribution < -0.4 is 4.74 Å². The van der Waals surface area contributed by atoms with Crippen molar-refractivity contribution < 1.29 is 19.6 Å². The number of nitro groups is 1. The Hall–Kier alpha value is -2.11. The molecule has 1 aliphatic heterocycles. The molecular formula is C10H9NO5. The number of benzene rings is 1. The third kappa shape index (κ3) is 1.81. The predicted octanol–water partition coefficient (Wildman–Crippen LogP) is 1.55. The number of carboxylic acids is 1. The number of non-ortho nitro benzene ring substituents is 1. The van der Waals surface area contributed by atoms with Crippen molar-refractivity contribution in [3.05, 3.63) is 33.9 Å². The Morgan fingerprint density at radius 3 is 3.00 bits per heavy atom. The van der Waals surface area contributed by atoms with Gasteiger partial charge in [0.1, 0.15) is 5.75 Å². The zero-order valence-corrected chi connectivity index (χ0v) is 8.25. The van der Waals surface area contributed by atoms with Gasteiger partial charge in [0.05, 0.1) is 18.0 Å². The topological polar surface area (TPSA) is 89.7 Å². The van der Waals surface area contributed by atoms with Crippen LogP contribution in [0, 0.1) is 10.1 Å². The second-order valence-electron chi connectivity index (χ2n) is 3.59. The summed E-state index contributed by atoms with van der Waals surface area (Å²) in [6, 6.07) is 4.24. The number of hydrogen-bond donors (Lipinski definition) is 1. The summed E-state index contributed by atoms with van der Waals surface area (Å²) in [5.41, 5.74) is 0.566. The maximum Gasteiger partial charge on any atom is 0.304 e. The van der Waals surface area contributed by atoms with E-state index < -0.39 is 10.9 Å². The highest BCUT2D eigenvalue weighted by Gasteiger charge is 2.28. The van der Waals surface area contributed by atoms with Gasteiger partial charge in [-0.1, -0.05) is 0 Å². The number of carbonyl (C=O) groups is 1. The lowest BCUT2D eigenvalue weighted by atomic mass is 9.97. The van der Waals surface area contributed by atoms with Crippen LogP contribution in [-0.2, 0) is 4.79 Å². The summed E-state index contributed by atoms with van der Waals surface area (Å²) < 4.78 is 5.26. The molecule has 1 heterocycles. The van der Waals surface area contributed by atoms with Crippen LogP contribution in [0.1, 0.15) is 17.9 Å². The van der Waals surface area contributed by atoms with Crippen LogP contribution in [0.2, 0.25) is 0 Å². The number of nitrogens with zero attached hydrogens (tertiary/aromatic N) is 1. The zero-order valence-electron chi connectivity index (χ0n) is 8.25. The van der Waals surface area contributed by atoms with Crippen molar-refractivity contribution >= 4 is 11.7 Å². The third-order valence-electron chi connectivity index (χ3n) is 2.51. The average molecular weight is 223 g/mol. The molecule has 0 bridgehead atoms. The van der Waals surface area contributed by atoms with E-state index in [2.05, 4.69) is 0 Å². The monoisotopic (exact) mass is 223 g/mol. The molecule has 0 amide bonds. The van der Waals surface area contributed by atoms with Crippen molar-refractivity contribution in [1.82, 2.24) is 0 Å². The molecule has 0 fully saturated rings. The number of hydrogen-bond acceptors (Lipinski definition) is 4. The Balaban J connectivity index is 2.33. The van der Waals surface area contributed by atoms with E-state index in [-0.39, 0.29) is 24.6 Å². The van der Waals surface area contributed by atoms with Gasteiger partial charge in [0.15, 0.2) is 0 Å². The number of nitro benzene ring substituents is 1. The standard InChI is InChI=1S/C10H9NO5/c12-10(13)3-6-5-16-9-2-1-7(11(14)15)4-8(6)9/h1-2,4,6H,3,5H2,(H,12,13). The summed E-state index contributed by atoms with van der Waals surface area (Å²) in [4.78, 5) is 20.7. The van der Waals surface area contributed by atoms with Crippen molar-refractivity contribution in [3.63, 3.8) is 0 Å². The number of rotatable bonds is 3. The fraction of sp³-hybridized carbons (Fsp3) is 0.300. The van der Waals surface area contributed by atoms with Gasteiger partial charge < -0.3 is 9.84 Å². The van der Waals surface area contributed by atoms with Gasteiger partial charge in [-0.15, -0.1) is 0 Å². The van der Waals surface area contributed by atoms with E-state index in [1.54, 1.807) is 0 Å².